The van der Waals surface area contributed by atoms with Crippen LogP contribution in [0.15, 0.2) is 29.1 Å². The van der Waals surface area contributed by atoms with Crippen molar-refractivity contribution in [2.45, 2.75) is 6.54 Å². The Balaban J connectivity index is 2.45. The quantitative estimate of drug-likeness (QED) is 0.827. The number of para-hydroxylation sites is 1. The minimum Gasteiger partial charge on any atom is -0.309 e. The average Bonchev–Trinajstić information content (AvgIpc) is 2.27. The van der Waals surface area contributed by atoms with Crippen LogP contribution in [0.25, 0.3) is 10.9 Å². The summed E-state index contributed by atoms with van der Waals surface area (Å²) in [6, 6.07) is 6.61. The highest BCUT2D eigenvalue weighted by molar-refractivity contribution is 7.83. The van der Waals surface area contributed by atoms with Crippen LogP contribution in [0.4, 0.5) is 3.89 Å². The van der Waals surface area contributed by atoms with Gasteiger partial charge < -0.3 is 4.98 Å². The predicted octanol–water partition coefficient (Wildman–Crippen LogP) is 0.569. The first-order chi connectivity index (χ1) is 8.38. The molecule has 96 valence electrons. The average molecular weight is 271 g/mol. The molecular formula is C10H10FN3O3S. The Bertz CT molecular complexity index is 741. The Morgan fingerprint density at radius 2 is 2.06 bits per heavy atom. The fraction of sp³-hybridized carbons (Fsp3) is 0.200. The van der Waals surface area contributed by atoms with E-state index in [-0.39, 0.29) is 17.9 Å². The predicted molar refractivity (Wildman–Crippen MR) is 63.9 cm³/mol. The molecule has 0 saturated heterocycles. The fourth-order valence-electron chi connectivity index (χ4n) is 1.50. The number of H-pyrrole nitrogens is 1. The van der Waals surface area contributed by atoms with Gasteiger partial charge in [0.15, 0.2) is 0 Å². The van der Waals surface area contributed by atoms with Crippen molar-refractivity contribution in [1.29, 1.82) is 0 Å². The lowest BCUT2D eigenvalue weighted by Gasteiger charge is -2.10. The summed E-state index contributed by atoms with van der Waals surface area (Å²) in [5.74, 6) is 0.0856. The number of aromatic nitrogens is 2. The first-order valence-electron chi connectivity index (χ1n) is 5.02. The lowest BCUT2D eigenvalue weighted by molar-refractivity contribution is 0.422. The zero-order valence-electron chi connectivity index (χ0n) is 9.42. The van der Waals surface area contributed by atoms with Gasteiger partial charge in [0.05, 0.1) is 17.4 Å². The summed E-state index contributed by atoms with van der Waals surface area (Å²) in [6.07, 6.45) is 0. The zero-order chi connectivity index (χ0) is 13.3. The van der Waals surface area contributed by atoms with Crippen LogP contribution >= 0.6 is 0 Å². The van der Waals surface area contributed by atoms with Crippen molar-refractivity contribution in [3.05, 3.63) is 40.4 Å². The Morgan fingerprint density at radius 3 is 2.72 bits per heavy atom. The molecule has 0 atom stereocenters. The van der Waals surface area contributed by atoms with Gasteiger partial charge in [-0.25, -0.2) is 4.98 Å². The second-order valence-corrected chi connectivity index (χ2v) is 5.18. The molecule has 0 aliphatic rings. The topological polar surface area (TPSA) is 83.1 Å². The van der Waals surface area contributed by atoms with Gasteiger partial charge in [-0.05, 0) is 12.1 Å². The van der Waals surface area contributed by atoms with E-state index in [0.29, 0.717) is 15.2 Å². The van der Waals surface area contributed by atoms with Crippen LogP contribution in [-0.2, 0) is 17.0 Å². The van der Waals surface area contributed by atoms with E-state index < -0.39 is 10.4 Å². The highest BCUT2D eigenvalue weighted by Crippen LogP contribution is 2.08. The Labute approximate surface area is 102 Å². The van der Waals surface area contributed by atoms with Crippen LogP contribution in [0.5, 0.6) is 0 Å². The second-order valence-electron chi connectivity index (χ2n) is 3.73. The van der Waals surface area contributed by atoms with E-state index in [1.165, 1.54) is 0 Å². The third-order valence-electron chi connectivity index (χ3n) is 2.41. The molecule has 1 aromatic carbocycles. The van der Waals surface area contributed by atoms with Crippen molar-refractivity contribution >= 4 is 21.3 Å². The van der Waals surface area contributed by atoms with Crippen LogP contribution in [0.3, 0.4) is 0 Å². The van der Waals surface area contributed by atoms with Crippen LogP contribution in [0, 0.1) is 0 Å². The number of halogens is 1. The summed E-state index contributed by atoms with van der Waals surface area (Å²) in [5.41, 5.74) is 0.0427. The molecular weight excluding hydrogens is 261 g/mol. The van der Waals surface area contributed by atoms with Gasteiger partial charge in [0.2, 0.25) is 0 Å². The summed E-state index contributed by atoms with van der Waals surface area (Å²) >= 11 is 0. The van der Waals surface area contributed by atoms with Gasteiger partial charge in [-0.1, -0.05) is 16.0 Å². The second kappa shape index (κ2) is 4.46. The SMILES string of the molecule is CN(Cc1nc2ccccc2c(=O)[nH]1)S(=O)(=O)F. The van der Waals surface area contributed by atoms with Crippen LogP contribution in [0.1, 0.15) is 5.82 Å². The number of fused-ring (bicyclic) bond motifs is 1. The van der Waals surface area contributed by atoms with Gasteiger partial charge in [-0.2, -0.15) is 12.7 Å². The monoisotopic (exact) mass is 271 g/mol. The van der Waals surface area contributed by atoms with Gasteiger partial charge in [-0.15, -0.1) is 0 Å². The highest BCUT2D eigenvalue weighted by Gasteiger charge is 2.17. The number of hydrogen-bond acceptors (Lipinski definition) is 4. The van der Waals surface area contributed by atoms with Crippen molar-refractivity contribution in [1.82, 2.24) is 14.3 Å². The zero-order valence-corrected chi connectivity index (χ0v) is 10.2. The normalized spacial score (nSPS) is 12.2. The van der Waals surface area contributed by atoms with Crippen molar-refractivity contribution < 1.29 is 12.3 Å². The van der Waals surface area contributed by atoms with Gasteiger partial charge in [0.25, 0.3) is 5.56 Å². The maximum absolute atomic E-state index is 12.7. The largest absolute Gasteiger partial charge is 0.374 e. The first kappa shape index (κ1) is 12.7. The Morgan fingerprint density at radius 1 is 1.39 bits per heavy atom. The molecule has 1 aromatic heterocycles. The number of hydrogen-bond donors (Lipinski definition) is 1. The molecule has 8 heteroatoms. The summed E-state index contributed by atoms with van der Waals surface area (Å²) in [4.78, 5) is 18.1. The van der Waals surface area contributed by atoms with Crippen molar-refractivity contribution in [2.75, 3.05) is 7.05 Å². The Hall–Kier alpha value is -1.80. The van der Waals surface area contributed by atoms with Gasteiger partial charge >= 0.3 is 10.4 Å². The maximum Gasteiger partial charge on any atom is 0.374 e. The van der Waals surface area contributed by atoms with Crippen LogP contribution in [0.2, 0.25) is 0 Å². The summed E-state index contributed by atoms with van der Waals surface area (Å²) in [5, 5.41) is 0.395. The lowest BCUT2D eigenvalue weighted by Crippen LogP contribution is -2.25. The molecule has 0 radical (unpaired) electrons. The molecule has 2 rings (SSSR count). The Kier molecular flexibility index (Phi) is 3.14. The molecule has 18 heavy (non-hydrogen) atoms. The number of nitrogens with zero attached hydrogens (tertiary/aromatic N) is 2. The molecule has 0 spiro atoms. The maximum atomic E-state index is 12.7. The van der Waals surface area contributed by atoms with Crippen molar-refractivity contribution in [3.8, 4) is 0 Å². The molecule has 6 nitrogen and oxygen atoms in total. The van der Waals surface area contributed by atoms with Gasteiger partial charge in [0, 0.05) is 7.05 Å². The van der Waals surface area contributed by atoms with Crippen LogP contribution in [-0.4, -0.2) is 29.7 Å². The van der Waals surface area contributed by atoms with Crippen LogP contribution < -0.4 is 5.56 Å². The highest BCUT2D eigenvalue weighted by atomic mass is 32.3. The first-order valence-corrected chi connectivity index (χ1v) is 6.36. The molecule has 0 bridgehead atoms. The summed E-state index contributed by atoms with van der Waals surface area (Å²) in [6.45, 7) is -0.334. The van der Waals surface area contributed by atoms with Crippen molar-refractivity contribution in [2.24, 2.45) is 0 Å². The van der Waals surface area contributed by atoms with E-state index in [4.69, 9.17) is 0 Å². The third-order valence-corrected chi connectivity index (χ3v) is 3.28. The molecule has 0 fully saturated rings. The lowest BCUT2D eigenvalue weighted by atomic mass is 10.2. The summed E-state index contributed by atoms with van der Waals surface area (Å²) < 4.78 is 34.4. The standard InChI is InChI=1S/C10H10FN3O3S/c1-14(18(11,16)17)6-9-12-8-5-3-2-4-7(8)10(15)13-9/h2-5H,6H2,1H3,(H,12,13,15). The van der Waals surface area contributed by atoms with E-state index in [1.54, 1.807) is 24.3 Å². The third kappa shape index (κ3) is 2.54. The molecule has 0 aliphatic heterocycles. The van der Waals surface area contributed by atoms with E-state index in [1.807, 2.05) is 0 Å². The molecule has 0 unspecified atom stereocenters. The van der Waals surface area contributed by atoms with Gasteiger partial charge in [0.1, 0.15) is 5.82 Å². The van der Waals surface area contributed by atoms with E-state index in [0.717, 1.165) is 7.05 Å². The molecule has 0 saturated carbocycles. The minimum absolute atomic E-state index is 0.0856. The molecule has 0 amide bonds. The molecule has 1 heterocycles. The molecule has 1 N–H and O–H groups in total. The van der Waals surface area contributed by atoms with E-state index in [9.17, 15) is 17.1 Å². The van der Waals surface area contributed by atoms with Gasteiger partial charge in [-0.3, -0.25) is 4.79 Å². The summed E-state index contributed by atoms with van der Waals surface area (Å²) in [7, 11) is -3.74. The van der Waals surface area contributed by atoms with E-state index in [2.05, 4.69) is 9.97 Å². The van der Waals surface area contributed by atoms with E-state index >= 15 is 0 Å². The number of benzene rings is 1. The number of nitrogens with one attached hydrogen (secondary N) is 1. The van der Waals surface area contributed by atoms with Crippen molar-refractivity contribution in [3.63, 3.8) is 0 Å². The minimum atomic E-state index is -4.80. The smallest absolute Gasteiger partial charge is 0.309 e. The number of aromatic amines is 1. The molecule has 0 aliphatic carbocycles. The fourth-order valence-corrected chi connectivity index (χ4v) is 1.77. The molecule has 2 aromatic rings. The number of rotatable bonds is 3.